The van der Waals surface area contributed by atoms with Crippen molar-refractivity contribution in [3.05, 3.63) is 29.8 Å². The molecule has 0 radical (unpaired) electrons. The molecular weight excluding hydrogens is 222 g/mol. The molecule has 0 atom stereocenters. The quantitative estimate of drug-likeness (QED) is 0.855. The molecule has 0 aromatic heterocycles. The fraction of sp³-hybridized carbons (Fsp3) is 0.625. The highest BCUT2D eigenvalue weighted by atomic mass is 16.5. The lowest BCUT2D eigenvalue weighted by molar-refractivity contribution is 0.135. The summed E-state index contributed by atoms with van der Waals surface area (Å²) in [5.74, 6) is 1.91. The second kappa shape index (κ2) is 6.79. The largest absolute Gasteiger partial charge is 0.490 e. The van der Waals surface area contributed by atoms with Crippen molar-refractivity contribution < 1.29 is 4.74 Å². The first-order chi connectivity index (χ1) is 8.78. The van der Waals surface area contributed by atoms with E-state index in [2.05, 4.69) is 43.4 Å². The van der Waals surface area contributed by atoms with Crippen molar-refractivity contribution in [2.45, 2.75) is 52.2 Å². The van der Waals surface area contributed by atoms with Crippen LogP contribution in [0.3, 0.4) is 0 Å². The molecule has 0 bridgehead atoms. The molecule has 1 aliphatic carbocycles. The minimum absolute atomic E-state index is 0.426. The zero-order valence-electron chi connectivity index (χ0n) is 11.6. The Labute approximate surface area is 111 Å². The fourth-order valence-corrected chi connectivity index (χ4v) is 2.54. The number of ether oxygens (including phenoxy) is 1. The standard InChI is InChI=1S/C16H25NO/c1-3-17-12-14-5-4-6-16(11-14)18-15-9-7-13(2)8-10-15/h4-6,11,13,15,17H,3,7-10,12H2,1-2H3. The predicted octanol–water partition coefficient (Wildman–Crippen LogP) is 3.75. The Kier molecular flexibility index (Phi) is 5.06. The van der Waals surface area contributed by atoms with Gasteiger partial charge in [0.1, 0.15) is 5.75 Å². The van der Waals surface area contributed by atoms with Gasteiger partial charge in [0.2, 0.25) is 0 Å². The SMILES string of the molecule is CCNCc1cccc(OC2CCC(C)CC2)c1. The second-order valence-corrected chi connectivity index (χ2v) is 5.43. The first kappa shape index (κ1) is 13.4. The van der Waals surface area contributed by atoms with E-state index in [0.717, 1.165) is 24.8 Å². The highest BCUT2D eigenvalue weighted by Gasteiger charge is 2.19. The van der Waals surface area contributed by atoms with Gasteiger partial charge in [-0.25, -0.2) is 0 Å². The Morgan fingerprint density at radius 2 is 2.00 bits per heavy atom. The van der Waals surface area contributed by atoms with E-state index in [1.807, 2.05) is 0 Å². The maximum absolute atomic E-state index is 6.10. The Balaban J connectivity index is 1.88. The van der Waals surface area contributed by atoms with Crippen molar-refractivity contribution in [1.82, 2.24) is 5.32 Å². The van der Waals surface area contributed by atoms with Gasteiger partial charge in [0.05, 0.1) is 6.10 Å². The smallest absolute Gasteiger partial charge is 0.120 e. The molecule has 1 aromatic rings. The molecular formula is C16H25NO. The van der Waals surface area contributed by atoms with Crippen LogP contribution in [0.2, 0.25) is 0 Å². The van der Waals surface area contributed by atoms with Gasteiger partial charge in [0.25, 0.3) is 0 Å². The van der Waals surface area contributed by atoms with E-state index in [9.17, 15) is 0 Å². The van der Waals surface area contributed by atoms with E-state index in [-0.39, 0.29) is 0 Å². The third kappa shape index (κ3) is 4.02. The Morgan fingerprint density at radius 3 is 2.72 bits per heavy atom. The Morgan fingerprint density at radius 1 is 1.22 bits per heavy atom. The van der Waals surface area contributed by atoms with Crippen LogP contribution in [0.25, 0.3) is 0 Å². The van der Waals surface area contributed by atoms with Gasteiger partial charge in [-0.1, -0.05) is 26.0 Å². The third-order valence-electron chi connectivity index (χ3n) is 3.74. The number of hydrogen-bond donors (Lipinski definition) is 1. The lowest BCUT2D eigenvalue weighted by Gasteiger charge is -2.27. The lowest BCUT2D eigenvalue weighted by Crippen LogP contribution is -2.23. The first-order valence-electron chi connectivity index (χ1n) is 7.24. The van der Waals surface area contributed by atoms with Crippen LogP contribution in [0, 0.1) is 5.92 Å². The molecule has 1 aliphatic rings. The summed E-state index contributed by atoms with van der Waals surface area (Å²) in [5.41, 5.74) is 1.30. The molecule has 2 rings (SSSR count). The minimum atomic E-state index is 0.426. The van der Waals surface area contributed by atoms with Gasteiger partial charge in [0.15, 0.2) is 0 Å². The van der Waals surface area contributed by atoms with Crippen LogP contribution in [-0.2, 0) is 6.54 Å². The maximum atomic E-state index is 6.10. The predicted molar refractivity (Wildman–Crippen MR) is 75.9 cm³/mol. The molecule has 1 fully saturated rings. The molecule has 1 aromatic carbocycles. The van der Waals surface area contributed by atoms with E-state index in [4.69, 9.17) is 4.74 Å². The summed E-state index contributed by atoms with van der Waals surface area (Å²) in [7, 11) is 0. The Bertz CT molecular complexity index is 356. The minimum Gasteiger partial charge on any atom is -0.490 e. The molecule has 18 heavy (non-hydrogen) atoms. The highest BCUT2D eigenvalue weighted by Crippen LogP contribution is 2.27. The summed E-state index contributed by atoms with van der Waals surface area (Å²) in [6, 6.07) is 8.49. The Hall–Kier alpha value is -1.02. The molecule has 0 aliphatic heterocycles. The summed E-state index contributed by atoms with van der Waals surface area (Å²) in [5, 5.41) is 3.35. The van der Waals surface area contributed by atoms with Gasteiger partial charge >= 0.3 is 0 Å². The monoisotopic (exact) mass is 247 g/mol. The van der Waals surface area contributed by atoms with Crippen molar-refractivity contribution in [1.29, 1.82) is 0 Å². The van der Waals surface area contributed by atoms with Crippen LogP contribution >= 0.6 is 0 Å². The van der Waals surface area contributed by atoms with Gasteiger partial charge in [0, 0.05) is 6.54 Å². The first-order valence-corrected chi connectivity index (χ1v) is 7.24. The van der Waals surface area contributed by atoms with Crippen LogP contribution in [-0.4, -0.2) is 12.6 Å². The van der Waals surface area contributed by atoms with Crippen molar-refractivity contribution in [3.8, 4) is 5.75 Å². The second-order valence-electron chi connectivity index (χ2n) is 5.43. The van der Waals surface area contributed by atoms with Gasteiger partial charge in [-0.2, -0.15) is 0 Å². The van der Waals surface area contributed by atoms with E-state index < -0.39 is 0 Å². The van der Waals surface area contributed by atoms with Crippen molar-refractivity contribution >= 4 is 0 Å². The molecule has 2 heteroatoms. The zero-order valence-corrected chi connectivity index (χ0v) is 11.6. The van der Waals surface area contributed by atoms with Gasteiger partial charge < -0.3 is 10.1 Å². The van der Waals surface area contributed by atoms with Gasteiger partial charge in [-0.05, 0) is 55.8 Å². The van der Waals surface area contributed by atoms with Crippen LogP contribution in [0.4, 0.5) is 0 Å². The summed E-state index contributed by atoms with van der Waals surface area (Å²) < 4.78 is 6.10. The average Bonchev–Trinajstić information content (AvgIpc) is 2.40. The van der Waals surface area contributed by atoms with Crippen molar-refractivity contribution in [2.24, 2.45) is 5.92 Å². The van der Waals surface area contributed by atoms with E-state index in [1.54, 1.807) is 0 Å². The van der Waals surface area contributed by atoms with E-state index >= 15 is 0 Å². The van der Waals surface area contributed by atoms with Crippen LogP contribution in [0.1, 0.15) is 45.1 Å². The molecule has 2 nitrogen and oxygen atoms in total. The lowest BCUT2D eigenvalue weighted by atomic mass is 9.89. The normalized spacial score (nSPS) is 23.9. The van der Waals surface area contributed by atoms with Gasteiger partial charge in [-0.15, -0.1) is 0 Å². The molecule has 1 N–H and O–H groups in total. The number of hydrogen-bond acceptors (Lipinski definition) is 2. The van der Waals surface area contributed by atoms with E-state index in [1.165, 1.54) is 31.2 Å². The van der Waals surface area contributed by atoms with Crippen LogP contribution in [0.15, 0.2) is 24.3 Å². The molecule has 0 unspecified atom stereocenters. The summed E-state index contributed by atoms with van der Waals surface area (Å²) in [6.07, 6.45) is 5.45. The third-order valence-corrected chi connectivity index (χ3v) is 3.74. The van der Waals surface area contributed by atoms with Gasteiger partial charge in [-0.3, -0.25) is 0 Å². The fourth-order valence-electron chi connectivity index (χ4n) is 2.54. The zero-order chi connectivity index (χ0) is 12.8. The van der Waals surface area contributed by atoms with Crippen molar-refractivity contribution in [3.63, 3.8) is 0 Å². The number of rotatable bonds is 5. The number of benzene rings is 1. The molecule has 0 saturated heterocycles. The molecule has 100 valence electrons. The summed E-state index contributed by atoms with van der Waals surface area (Å²) in [6.45, 7) is 6.40. The highest BCUT2D eigenvalue weighted by molar-refractivity contribution is 5.28. The maximum Gasteiger partial charge on any atom is 0.120 e. The molecule has 0 heterocycles. The topological polar surface area (TPSA) is 21.3 Å². The molecule has 0 spiro atoms. The van der Waals surface area contributed by atoms with Crippen LogP contribution < -0.4 is 10.1 Å². The average molecular weight is 247 g/mol. The number of nitrogens with one attached hydrogen (secondary N) is 1. The summed E-state index contributed by atoms with van der Waals surface area (Å²) in [4.78, 5) is 0. The van der Waals surface area contributed by atoms with Crippen LogP contribution in [0.5, 0.6) is 5.75 Å². The molecule has 0 amide bonds. The van der Waals surface area contributed by atoms with E-state index in [0.29, 0.717) is 6.10 Å². The summed E-state index contributed by atoms with van der Waals surface area (Å²) >= 11 is 0. The molecule has 1 saturated carbocycles. The van der Waals surface area contributed by atoms with Crippen molar-refractivity contribution in [2.75, 3.05) is 6.54 Å².